The molecule has 0 atom stereocenters. The van der Waals surface area contributed by atoms with Gasteiger partial charge in [0, 0.05) is 44.3 Å². The summed E-state index contributed by atoms with van der Waals surface area (Å²) in [7, 11) is 0. The number of aromatic nitrogens is 1. The van der Waals surface area contributed by atoms with Crippen LogP contribution in [0.2, 0.25) is 0 Å². The highest BCUT2D eigenvalue weighted by molar-refractivity contribution is 5.55. The second-order valence-electron chi connectivity index (χ2n) is 7.30. The zero-order chi connectivity index (χ0) is 17.1. The summed E-state index contributed by atoms with van der Waals surface area (Å²) < 4.78 is 5.60. The van der Waals surface area contributed by atoms with Gasteiger partial charge in [-0.05, 0) is 31.0 Å². The quantitative estimate of drug-likeness (QED) is 0.922. The number of hydrogen-bond acceptors (Lipinski definition) is 5. The Morgan fingerprint density at radius 2 is 1.88 bits per heavy atom. The number of oxazole rings is 1. The Kier molecular flexibility index (Phi) is 5.04. The number of benzene rings is 1. The molecule has 2 heterocycles. The minimum absolute atomic E-state index is 0.232. The molecule has 2 aliphatic rings. The van der Waals surface area contributed by atoms with Crippen LogP contribution in [-0.4, -0.2) is 52.1 Å². The summed E-state index contributed by atoms with van der Waals surface area (Å²) in [5.41, 5.74) is 1.78. The van der Waals surface area contributed by atoms with Crippen LogP contribution in [0.25, 0.3) is 11.5 Å². The molecule has 2 fully saturated rings. The highest BCUT2D eigenvalue weighted by Gasteiger charge is 2.25. The molecule has 1 aliphatic heterocycles. The Labute approximate surface area is 149 Å². The van der Waals surface area contributed by atoms with Gasteiger partial charge in [-0.1, -0.05) is 25.3 Å². The molecule has 5 heteroatoms. The van der Waals surface area contributed by atoms with E-state index in [1.165, 1.54) is 45.2 Å². The zero-order valence-electron chi connectivity index (χ0n) is 14.7. The van der Waals surface area contributed by atoms with Gasteiger partial charge in [0.15, 0.2) is 0 Å². The van der Waals surface area contributed by atoms with E-state index < -0.39 is 0 Å². The van der Waals surface area contributed by atoms with E-state index in [9.17, 15) is 5.11 Å². The van der Waals surface area contributed by atoms with Gasteiger partial charge in [0.05, 0.1) is 5.69 Å². The van der Waals surface area contributed by atoms with E-state index in [4.69, 9.17) is 4.42 Å². The van der Waals surface area contributed by atoms with Crippen molar-refractivity contribution >= 4 is 0 Å². The Bertz CT molecular complexity index is 686. The first-order chi connectivity index (χ1) is 12.3. The molecule has 0 unspecified atom stereocenters. The summed E-state index contributed by atoms with van der Waals surface area (Å²) in [5, 5.41) is 9.59. The Hall–Kier alpha value is -1.85. The first-order valence-electron chi connectivity index (χ1n) is 9.48. The van der Waals surface area contributed by atoms with Crippen molar-refractivity contribution in [3.05, 3.63) is 36.2 Å². The maximum atomic E-state index is 9.59. The number of rotatable bonds is 4. The predicted molar refractivity (Wildman–Crippen MR) is 97.3 cm³/mol. The maximum absolute atomic E-state index is 9.59. The zero-order valence-corrected chi connectivity index (χ0v) is 14.7. The second-order valence-corrected chi connectivity index (χ2v) is 7.30. The van der Waals surface area contributed by atoms with Gasteiger partial charge >= 0.3 is 0 Å². The first-order valence-corrected chi connectivity index (χ1v) is 9.48. The van der Waals surface area contributed by atoms with Crippen molar-refractivity contribution in [3.8, 4) is 17.2 Å². The number of nitrogens with zero attached hydrogens (tertiary/aromatic N) is 3. The van der Waals surface area contributed by atoms with E-state index >= 15 is 0 Å². The lowest BCUT2D eigenvalue weighted by atomic mass is 9.94. The van der Waals surface area contributed by atoms with Gasteiger partial charge in [0.2, 0.25) is 5.89 Å². The fourth-order valence-corrected chi connectivity index (χ4v) is 4.11. The van der Waals surface area contributed by atoms with Gasteiger partial charge in [-0.15, -0.1) is 0 Å². The molecule has 1 saturated carbocycles. The average molecular weight is 341 g/mol. The Balaban J connectivity index is 1.31. The van der Waals surface area contributed by atoms with Crippen LogP contribution in [0, 0.1) is 0 Å². The van der Waals surface area contributed by atoms with Crippen molar-refractivity contribution in [3.63, 3.8) is 0 Å². The molecule has 25 heavy (non-hydrogen) atoms. The van der Waals surface area contributed by atoms with Crippen molar-refractivity contribution < 1.29 is 9.52 Å². The molecule has 2 aromatic rings. The molecule has 1 saturated heterocycles. The van der Waals surface area contributed by atoms with Gasteiger partial charge in [0.25, 0.3) is 0 Å². The van der Waals surface area contributed by atoms with Gasteiger partial charge < -0.3 is 9.52 Å². The molecule has 1 aromatic heterocycles. The van der Waals surface area contributed by atoms with Crippen LogP contribution in [0.5, 0.6) is 5.75 Å². The topological polar surface area (TPSA) is 52.7 Å². The van der Waals surface area contributed by atoms with Crippen LogP contribution >= 0.6 is 0 Å². The van der Waals surface area contributed by atoms with E-state index in [2.05, 4.69) is 14.8 Å². The normalized spacial score (nSPS) is 20.8. The Morgan fingerprint density at radius 1 is 1.08 bits per heavy atom. The standard InChI is InChI=1S/C20H27N3O2/c24-19-8-4-5-16(13-19)20-21-17(15-25-20)14-22-9-11-23(12-10-22)18-6-2-1-3-7-18/h4-5,8,13,15,18,24H,1-3,6-7,9-12,14H2. The lowest BCUT2D eigenvalue weighted by Crippen LogP contribution is -2.50. The van der Waals surface area contributed by atoms with Crippen LogP contribution in [0.1, 0.15) is 37.8 Å². The largest absolute Gasteiger partial charge is 0.508 e. The van der Waals surface area contributed by atoms with E-state index in [-0.39, 0.29) is 5.75 Å². The minimum atomic E-state index is 0.232. The molecule has 1 N–H and O–H groups in total. The van der Waals surface area contributed by atoms with Crippen molar-refractivity contribution in [2.24, 2.45) is 0 Å². The van der Waals surface area contributed by atoms with Crippen molar-refractivity contribution in [1.82, 2.24) is 14.8 Å². The third-order valence-corrected chi connectivity index (χ3v) is 5.53. The van der Waals surface area contributed by atoms with E-state index in [1.807, 2.05) is 6.07 Å². The number of aromatic hydroxyl groups is 1. The number of phenols is 1. The number of hydrogen-bond donors (Lipinski definition) is 1. The maximum Gasteiger partial charge on any atom is 0.226 e. The predicted octanol–water partition coefficient (Wildman–Crippen LogP) is 3.50. The van der Waals surface area contributed by atoms with E-state index in [0.717, 1.165) is 36.9 Å². The molecule has 0 radical (unpaired) electrons. The van der Waals surface area contributed by atoms with Gasteiger partial charge in [0.1, 0.15) is 12.0 Å². The highest BCUT2D eigenvalue weighted by Crippen LogP contribution is 2.25. The summed E-state index contributed by atoms with van der Waals surface area (Å²) in [6.45, 7) is 5.38. The molecule has 0 spiro atoms. The first kappa shape index (κ1) is 16.6. The van der Waals surface area contributed by atoms with Gasteiger partial charge in [-0.2, -0.15) is 0 Å². The van der Waals surface area contributed by atoms with E-state index in [0.29, 0.717) is 5.89 Å². The van der Waals surface area contributed by atoms with Crippen molar-refractivity contribution in [1.29, 1.82) is 0 Å². The molecular weight excluding hydrogens is 314 g/mol. The van der Waals surface area contributed by atoms with Gasteiger partial charge in [-0.3, -0.25) is 9.80 Å². The summed E-state index contributed by atoms with van der Waals surface area (Å²) in [6.07, 6.45) is 8.74. The molecule has 0 amide bonds. The van der Waals surface area contributed by atoms with Crippen molar-refractivity contribution in [2.45, 2.75) is 44.7 Å². The highest BCUT2D eigenvalue weighted by atomic mass is 16.3. The molecule has 4 rings (SSSR count). The lowest BCUT2D eigenvalue weighted by Gasteiger charge is -2.40. The van der Waals surface area contributed by atoms with Crippen molar-refractivity contribution in [2.75, 3.05) is 26.2 Å². The SMILES string of the molecule is Oc1cccc(-c2nc(CN3CCN(C4CCCCC4)CC3)co2)c1. The number of piperazine rings is 1. The third kappa shape index (κ3) is 4.05. The summed E-state index contributed by atoms with van der Waals surface area (Å²) in [5.74, 6) is 0.808. The fourth-order valence-electron chi connectivity index (χ4n) is 4.11. The smallest absolute Gasteiger partial charge is 0.226 e. The fraction of sp³-hybridized carbons (Fsp3) is 0.550. The summed E-state index contributed by atoms with van der Waals surface area (Å²) in [4.78, 5) is 9.74. The summed E-state index contributed by atoms with van der Waals surface area (Å²) in [6, 6.07) is 7.86. The van der Waals surface area contributed by atoms with Crippen LogP contribution in [-0.2, 0) is 6.54 Å². The minimum Gasteiger partial charge on any atom is -0.508 e. The lowest BCUT2D eigenvalue weighted by molar-refractivity contribution is 0.0749. The number of phenolic OH excluding ortho intramolecular Hbond substituents is 1. The van der Waals surface area contributed by atoms with Crippen LogP contribution < -0.4 is 0 Å². The van der Waals surface area contributed by atoms with Crippen LogP contribution in [0.15, 0.2) is 34.9 Å². The molecular formula is C20H27N3O2. The van der Waals surface area contributed by atoms with Crippen LogP contribution in [0.4, 0.5) is 0 Å². The molecule has 1 aromatic carbocycles. The second kappa shape index (κ2) is 7.58. The monoisotopic (exact) mass is 341 g/mol. The molecule has 5 nitrogen and oxygen atoms in total. The van der Waals surface area contributed by atoms with E-state index in [1.54, 1.807) is 24.5 Å². The molecule has 0 bridgehead atoms. The van der Waals surface area contributed by atoms with Gasteiger partial charge in [-0.25, -0.2) is 4.98 Å². The molecule has 134 valence electrons. The average Bonchev–Trinajstić information content (AvgIpc) is 3.12. The molecule has 1 aliphatic carbocycles. The summed E-state index contributed by atoms with van der Waals surface area (Å²) >= 11 is 0. The van der Waals surface area contributed by atoms with Crippen LogP contribution in [0.3, 0.4) is 0 Å². The Morgan fingerprint density at radius 3 is 2.64 bits per heavy atom. The third-order valence-electron chi connectivity index (χ3n) is 5.53.